The van der Waals surface area contributed by atoms with Crippen molar-refractivity contribution in [2.75, 3.05) is 14.2 Å². The molecule has 1 aromatic heterocycles. The van der Waals surface area contributed by atoms with Gasteiger partial charge in [-0.1, -0.05) is 6.07 Å². The van der Waals surface area contributed by atoms with Crippen molar-refractivity contribution in [3.05, 3.63) is 46.2 Å². The van der Waals surface area contributed by atoms with Crippen LogP contribution in [0.1, 0.15) is 16.5 Å². The van der Waals surface area contributed by atoms with Crippen LogP contribution >= 0.6 is 11.3 Å². The number of methoxy groups -OCH3 is 2. The summed E-state index contributed by atoms with van der Waals surface area (Å²) >= 11 is 1.64. The van der Waals surface area contributed by atoms with E-state index in [4.69, 9.17) is 15.3 Å². The monoisotopic (exact) mass is 264 g/mol. The molecule has 1 aromatic carbocycles. The Morgan fingerprint density at radius 2 is 2.06 bits per heavy atom. The molecule has 1 heterocycles. The van der Waals surface area contributed by atoms with Crippen LogP contribution in [-0.2, 0) is 0 Å². The van der Waals surface area contributed by atoms with E-state index in [1.54, 1.807) is 25.6 Å². The van der Waals surface area contributed by atoms with Gasteiger partial charge in [0.05, 0.1) is 20.3 Å². The molecule has 0 fully saturated rings. The molecule has 96 valence electrons. The molecule has 0 aliphatic carbocycles. The van der Waals surface area contributed by atoms with Gasteiger partial charge in [0.2, 0.25) is 0 Å². The van der Waals surface area contributed by atoms with Gasteiger partial charge in [-0.2, -0.15) is 0 Å². The molecule has 2 rings (SSSR count). The first-order valence-corrected chi connectivity index (χ1v) is 6.39. The Hall–Kier alpha value is -1.56. The van der Waals surface area contributed by atoms with Crippen molar-refractivity contribution < 1.29 is 9.47 Å². The first-order valence-electron chi connectivity index (χ1n) is 5.51. The minimum absolute atomic E-state index is 0.102. The van der Waals surface area contributed by atoms with Crippen LogP contribution in [0.3, 0.4) is 0 Å². The zero-order valence-corrected chi connectivity index (χ0v) is 11.2. The summed E-state index contributed by atoms with van der Waals surface area (Å²) in [4.78, 5) is 1.13. The van der Waals surface area contributed by atoms with Gasteiger partial charge in [-0.25, -0.2) is 5.43 Å². The molecule has 0 aliphatic heterocycles. The van der Waals surface area contributed by atoms with Gasteiger partial charge in [-0.15, -0.1) is 11.3 Å². The Kier molecular flexibility index (Phi) is 4.19. The van der Waals surface area contributed by atoms with E-state index in [0.717, 1.165) is 21.9 Å². The number of hydrogen-bond acceptors (Lipinski definition) is 5. The van der Waals surface area contributed by atoms with Gasteiger partial charge < -0.3 is 9.47 Å². The molecule has 18 heavy (non-hydrogen) atoms. The maximum Gasteiger partial charge on any atom is 0.124 e. The van der Waals surface area contributed by atoms with E-state index in [0.29, 0.717) is 0 Å². The van der Waals surface area contributed by atoms with Gasteiger partial charge in [-0.3, -0.25) is 5.84 Å². The molecule has 0 saturated carbocycles. The highest BCUT2D eigenvalue weighted by Gasteiger charge is 2.18. The molecular formula is C13H16N2O2S. The Morgan fingerprint density at radius 1 is 1.22 bits per heavy atom. The molecule has 3 N–H and O–H groups in total. The number of nitrogens with one attached hydrogen (secondary N) is 1. The third kappa shape index (κ3) is 2.48. The highest BCUT2D eigenvalue weighted by molar-refractivity contribution is 7.10. The molecule has 5 heteroatoms. The van der Waals surface area contributed by atoms with Crippen LogP contribution in [0.15, 0.2) is 35.7 Å². The molecular weight excluding hydrogens is 248 g/mol. The van der Waals surface area contributed by atoms with Crippen LogP contribution in [0.25, 0.3) is 0 Å². The van der Waals surface area contributed by atoms with Crippen LogP contribution in [0.5, 0.6) is 11.5 Å². The van der Waals surface area contributed by atoms with E-state index in [9.17, 15) is 0 Å². The molecule has 0 bridgehead atoms. The fraction of sp³-hybridized carbons (Fsp3) is 0.231. The van der Waals surface area contributed by atoms with Gasteiger partial charge >= 0.3 is 0 Å². The molecule has 0 aliphatic rings. The van der Waals surface area contributed by atoms with Crippen LogP contribution in [0.4, 0.5) is 0 Å². The van der Waals surface area contributed by atoms with Crippen LogP contribution in [0, 0.1) is 0 Å². The van der Waals surface area contributed by atoms with Gasteiger partial charge in [0, 0.05) is 10.4 Å². The molecule has 0 amide bonds. The second kappa shape index (κ2) is 5.86. The summed E-state index contributed by atoms with van der Waals surface area (Å²) in [6.07, 6.45) is 0. The number of hydrogen-bond donors (Lipinski definition) is 2. The van der Waals surface area contributed by atoms with Crippen molar-refractivity contribution in [1.29, 1.82) is 0 Å². The minimum atomic E-state index is -0.102. The summed E-state index contributed by atoms with van der Waals surface area (Å²) < 4.78 is 10.6. The second-order valence-electron chi connectivity index (χ2n) is 3.72. The average Bonchev–Trinajstić information content (AvgIpc) is 2.93. The van der Waals surface area contributed by atoms with Crippen molar-refractivity contribution >= 4 is 11.3 Å². The third-order valence-corrected chi connectivity index (χ3v) is 3.68. The fourth-order valence-corrected chi connectivity index (χ4v) is 2.65. The Labute approximate surface area is 110 Å². The predicted octanol–water partition coefficient (Wildman–Crippen LogP) is 2.32. The zero-order chi connectivity index (χ0) is 13.0. The number of nitrogens with two attached hydrogens (primary N) is 1. The lowest BCUT2D eigenvalue weighted by molar-refractivity contribution is 0.394. The van der Waals surface area contributed by atoms with Gasteiger partial charge in [0.15, 0.2) is 0 Å². The van der Waals surface area contributed by atoms with Crippen molar-refractivity contribution in [2.24, 2.45) is 5.84 Å². The van der Waals surface area contributed by atoms with E-state index < -0.39 is 0 Å². The second-order valence-corrected chi connectivity index (χ2v) is 4.70. The summed E-state index contributed by atoms with van der Waals surface area (Å²) in [6.45, 7) is 0. The number of benzene rings is 1. The Morgan fingerprint density at radius 3 is 2.61 bits per heavy atom. The molecule has 4 nitrogen and oxygen atoms in total. The summed E-state index contributed by atoms with van der Waals surface area (Å²) in [5.74, 6) is 7.24. The SMILES string of the molecule is COc1ccc(OC)c(C(NN)c2cccs2)c1. The number of thiophene rings is 1. The minimum Gasteiger partial charge on any atom is -0.497 e. The normalized spacial score (nSPS) is 12.2. The first kappa shape index (κ1) is 12.9. The maximum absolute atomic E-state index is 5.67. The zero-order valence-electron chi connectivity index (χ0n) is 10.3. The molecule has 0 radical (unpaired) electrons. The molecule has 1 atom stereocenters. The fourth-order valence-electron chi connectivity index (χ4n) is 1.85. The Bertz CT molecular complexity index is 500. The standard InChI is InChI=1S/C13H16N2O2S/c1-16-9-5-6-11(17-2)10(8-9)13(15-14)12-4-3-7-18-12/h3-8,13,15H,14H2,1-2H3. The van der Waals surface area contributed by atoms with E-state index in [-0.39, 0.29) is 6.04 Å². The van der Waals surface area contributed by atoms with E-state index >= 15 is 0 Å². The summed E-state index contributed by atoms with van der Waals surface area (Å²) in [6, 6.07) is 9.61. The van der Waals surface area contributed by atoms with E-state index in [2.05, 4.69) is 5.43 Å². The van der Waals surface area contributed by atoms with Crippen molar-refractivity contribution in [3.63, 3.8) is 0 Å². The average molecular weight is 264 g/mol. The van der Waals surface area contributed by atoms with Gasteiger partial charge in [-0.05, 0) is 29.6 Å². The van der Waals surface area contributed by atoms with Crippen LogP contribution < -0.4 is 20.7 Å². The maximum atomic E-state index is 5.67. The first-order chi connectivity index (χ1) is 8.80. The highest BCUT2D eigenvalue weighted by Crippen LogP contribution is 2.34. The quantitative estimate of drug-likeness (QED) is 0.643. The third-order valence-electron chi connectivity index (χ3n) is 2.74. The molecule has 0 saturated heterocycles. The Balaban J connectivity index is 2.46. The highest BCUT2D eigenvalue weighted by atomic mass is 32.1. The van der Waals surface area contributed by atoms with Crippen molar-refractivity contribution in [1.82, 2.24) is 5.43 Å². The molecule has 2 aromatic rings. The van der Waals surface area contributed by atoms with Crippen molar-refractivity contribution in [3.8, 4) is 11.5 Å². The summed E-state index contributed by atoms with van der Waals surface area (Å²) in [5.41, 5.74) is 3.78. The summed E-state index contributed by atoms with van der Waals surface area (Å²) in [5, 5.41) is 2.02. The molecule has 0 spiro atoms. The lowest BCUT2D eigenvalue weighted by Crippen LogP contribution is -2.28. The number of rotatable bonds is 5. The topological polar surface area (TPSA) is 56.5 Å². The van der Waals surface area contributed by atoms with Crippen molar-refractivity contribution in [2.45, 2.75) is 6.04 Å². The summed E-state index contributed by atoms with van der Waals surface area (Å²) in [7, 11) is 3.29. The van der Waals surface area contributed by atoms with Crippen LogP contribution in [-0.4, -0.2) is 14.2 Å². The number of hydrazine groups is 1. The largest absolute Gasteiger partial charge is 0.497 e. The predicted molar refractivity (Wildman–Crippen MR) is 73.0 cm³/mol. The lowest BCUT2D eigenvalue weighted by Gasteiger charge is -2.18. The van der Waals surface area contributed by atoms with Gasteiger partial charge in [0.25, 0.3) is 0 Å². The number of ether oxygens (including phenoxy) is 2. The molecule has 1 unspecified atom stereocenters. The van der Waals surface area contributed by atoms with Gasteiger partial charge in [0.1, 0.15) is 11.5 Å². The van der Waals surface area contributed by atoms with E-state index in [1.807, 2.05) is 35.7 Å². The smallest absolute Gasteiger partial charge is 0.124 e. The van der Waals surface area contributed by atoms with E-state index in [1.165, 1.54) is 0 Å². The van der Waals surface area contributed by atoms with Crippen LogP contribution in [0.2, 0.25) is 0 Å². The lowest BCUT2D eigenvalue weighted by atomic mass is 10.0.